The predicted octanol–water partition coefficient (Wildman–Crippen LogP) is 2.04. The molecule has 0 bridgehead atoms. The Morgan fingerprint density at radius 1 is 1.61 bits per heavy atom. The fourth-order valence-electron chi connectivity index (χ4n) is 1.41. The van der Waals surface area contributed by atoms with Crippen molar-refractivity contribution in [3.05, 3.63) is 11.9 Å². The topological polar surface area (TPSA) is 64.3 Å². The molecule has 1 rings (SSSR count). The van der Waals surface area contributed by atoms with E-state index in [0.717, 1.165) is 17.5 Å². The van der Waals surface area contributed by atoms with Gasteiger partial charge in [-0.25, -0.2) is 4.98 Å². The maximum Gasteiger partial charge on any atom is 0.313 e. The van der Waals surface area contributed by atoms with E-state index >= 15 is 0 Å². The standard InChI is InChI=1S/C12H20N2O3S/c1-9(2)7-17-5-4-14-6-10(3)13-12(14)18-8-11(15)16/h6,9H,4-5,7-8H2,1-3H3,(H,15,16). The summed E-state index contributed by atoms with van der Waals surface area (Å²) in [5.74, 6) is -0.276. The number of carbonyl (C=O) groups is 1. The summed E-state index contributed by atoms with van der Waals surface area (Å²) in [5.41, 5.74) is 0.895. The van der Waals surface area contributed by atoms with Crippen molar-refractivity contribution in [2.45, 2.75) is 32.5 Å². The van der Waals surface area contributed by atoms with Gasteiger partial charge in [0.15, 0.2) is 5.16 Å². The van der Waals surface area contributed by atoms with Crippen molar-refractivity contribution in [2.75, 3.05) is 19.0 Å². The van der Waals surface area contributed by atoms with Crippen LogP contribution in [0.4, 0.5) is 0 Å². The van der Waals surface area contributed by atoms with Crippen LogP contribution in [0.25, 0.3) is 0 Å². The molecule has 0 aliphatic heterocycles. The second-order valence-electron chi connectivity index (χ2n) is 4.51. The summed E-state index contributed by atoms with van der Waals surface area (Å²) >= 11 is 1.24. The van der Waals surface area contributed by atoms with Gasteiger partial charge in [0.05, 0.1) is 18.1 Å². The normalized spacial score (nSPS) is 11.1. The highest BCUT2D eigenvalue weighted by Gasteiger charge is 2.08. The number of aromatic nitrogens is 2. The fraction of sp³-hybridized carbons (Fsp3) is 0.667. The lowest BCUT2D eigenvalue weighted by Crippen LogP contribution is -2.10. The highest BCUT2D eigenvalue weighted by Crippen LogP contribution is 2.17. The van der Waals surface area contributed by atoms with E-state index in [2.05, 4.69) is 18.8 Å². The number of imidazole rings is 1. The number of carboxylic acids is 1. The highest BCUT2D eigenvalue weighted by atomic mass is 32.2. The zero-order valence-electron chi connectivity index (χ0n) is 11.0. The van der Waals surface area contributed by atoms with E-state index in [-0.39, 0.29) is 5.75 Å². The number of hydrogen-bond acceptors (Lipinski definition) is 4. The Balaban J connectivity index is 2.45. The van der Waals surface area contributed by atoms with Gasteiger partial charge in [0.1, 0.15) is 0 Å². The third-order valence-electron chi connectivity index (χ3n) is 2.11. The van der Waals surface area contributed by atoms with Crippen LogP contribution in [-0.2, 0) is 16.1 Å². The van der Waals surface area contributed by atoms with Crippen molar-refractivity contribution in [3.63, 3.8) is 0 Å². The second-order valence-corrected chi connectivity index (χ2v) is 5.45. The molecule has 0 fully saturated rings. The Morgan fingerprint density at radius 3 is 2.94 bits per heavy atom. The first-order chi connectivity index (χ1) is 8.49. The number of rotatable bonds is 8. The van der Waals surface area contributed by atoms with E-state index in [9.17, 15) is 4.79 Å². The highest BCUT2D eigenvalue weighted by molar-refractivity contribution is 7.99. The lowest BCUT2D eigenvalue weighted by Gasteiger charge is -2.09. The summed E-state index contributed by atoms with van der Waals surface area (Å²) in [6.07, 6.45) is 1.92. The molecule has 5 nitrogen and oxygen atoms in total. The van der Waals surface area contributed by atoms with Gasteiger partial charge in [-0.2, -0.15) is 0 Å². The second kappa shape index (κ2) is 7.43. The first-order valence-electron chi connectivity index (χ1n) is 5.95. The molecule has 18 heavy (non-hydrogen) atoms. The van der Waals surface area contributed by atoms with Crippen molar-refractivity contribution >= 4 is 17.7 Å². The molecule has 0 amide bonds. The molecule has 102 valence electrons. The minimum Gasteiger partial charge on any atom is -0.481 e. The van der Waals surface area contributed by atoms with Gasteiger partial charge in [0.25, 0.3) is 0 Å². The molecule has 1 heterocycles. The smallest absolute Gasteiger partial charge is 0.313 e. The van der Waals surface area contributed by atoms with Crippen molar-refractivity contribution in [1.82, 2.24) is 9.55 Å². The van der Waals surface area contributed by atoms with E-state index < -0.39 is 5.97 Å². The van der Waals surface area contributed by atoms with E-state index in [1.165, 1.54) is 11.8 Å². The Labute approximate surface area is 112 Å². The van der Waals surface area contributed by atoms with Crippen LogP contribution >= 0.6 is 11.8 Å². The number of thioether (sulfide) groups is 1. The van der Waals surface area contributed by atoms with E-state index in [1.807, 2.05) is 17.7 Å². The van der Waals surface area contributed by atoms with Crippen LogP contribution in [0.1, 0.15) is 19.5 Å². The average Bonchev–Trinajstić information content (AvgIpc) is 2.62. The Morgan fingerprint density at radius 2 is 2.33 bits per heavy atom. The van der Waals surface area contributed by atoms with Gasteiger partial charge in [0, 0.05) is 19.3 Å². The van der Waals surface area contributed by atoms with Gasteiger partial charge in [-0.15, -0.1) is 0 Å². The average molecular weight is 272 g/mol. The van der Waals surface area contributed by atoms with E-state index in [4.69, 9.17) is 9.84 Å². The first-order valence-corrected chi connectivity index (χ1v) is 6.93. The minimum absolute atomic E-state index is 0.0311. The van der Waals surface area contributed by atoms with Gasteiger partial charge in [0.2, 0.25) is 0 Å². The van der Waals surface area contributed by atoms with Crippen LogP contribution in [0.3, 0.4) is 0 Å². The predicted molar refractivity (Wildman–Crippen MR) is 71.0 cm³/mol. The van der Waals surface area contributed by atoms with Crippen molar-refractivity contribution in [2.24, 2.45) is 5.92 Å². The van der Waals surface area contributed by atoms with Crippen molar-refractivity contribution < 1.29 is 14.6 Å². The van der Waals surface area contributed by atoms with Crippen LogP contribution < -0.4 is 0 Å². The zero-order chi connectivity index (χ0) is 13.5. The molecule has 0 saturated carbocycles. The molecular formula is C12H20N2O3S. The quantitative estimate of drug-likeness (QED) is 0.579. The third-order valence-corrected chi connectivity index (χ3v) is 3.09. The van der Waals surface area contributed by atoms with Gasteiger partial charge in [-0.05, 0) is 12.8 Å². The molecule has 6 heteroatoms. The molecular weight excluding hydrogens is 252 g/mol. The Hall–Kier alpha value is -1.01. The molecule has 1 aromatic heterocycles. The molecule has 0 spiro atoms. The van der Waals surface area contributed by atoms with Crippen LogP contribution in [0, 0.1) is 12.8 Å². The summed E-state index contributed by atoms with van der Waals surface area (Å²) in [4.78, 5) is 14.8. The maximum atomic E-state index is 10.5. The maximum absolute atomic E-state index is 10.5. The van der Waals surface area contributed by atoms with Gasteiger partial charge in [-0.1, -0.05) is 25.6 Å². The number of aliphatic carboxylic acids is 1. The summed E-state index contributed by atoms with van der Waals surface area (Å²) in [5, 5.41) is 9.40. The number of nitrogens with zero attached hydrogens (tertiary/aromatic N) is 2. The van der Waals surface area contributed by atoms with E-state index in [1.54, 1.807) is 0 Å². The number of ether oxygens (including phenoxy) is 1. The molecule has 0 aromatic carbocycles. The van der Waals surface area contributed by atoms with Crippen LogP contribution in [0.2, 0.25) is 0 Å². The summed E-state index contributed by atoms with van der Waals surface area (Å²) in [7, 11) is 0. The monoisotopic (exact) mass is 272 g/mol. The van der Waals surface area contributed by atoms with Crippen LogP contribution in [-0.4, -0.2) is 39.6 Å². The molecule has 1 N–H and O–H groups in total. The van der Waals surface area contributed by atoms with Crippen LogP contribution in [0.5, 0.6) is 0 Å². The van der Waals surface area contributed by atoms with Crippen molar-refractivity contribution in [1.29, 1.82) is 0 Å². The van der Waals surface area contributed by atoms with Gasteiger partial charge >= 0.3 is 5.97 Å². The van der Waals surface area contributed by atoms with Crippen LogP contribution in [0.15, 0.2) is 11.4 Å². The zero-order valence-corrected chi connectivity index (χ0v) is 11.9. The third kappa shape index (κ3) is 5.55. The minimum atomic E-state index is -0.830. The number of carboxylic acid groups (broad SMARTS) is 1. The van der Waals surface area contributed by atoms with Crippen molar-refractivity contribution in [3.8, 4) is 0 Å². The fourth-order valence-corrected chi connectivity index (χ4v) is 2.18. The van der Waals surface area contributed by atoms with Gasteiger partial charge < -0.3 is 14.4 Å². The lowest BCUT2D eigenvalue weighted by molar-refractivity contribution is -0.133. The molecule has 0 atom stereocenters. The molecule has 1 aromatic rings. The Kier molecular flexibility index (Phi) is 6.21. The molecule has 0 aliphatic rings. The number of aryl methyl sites for hydroxylation is 1. The first kappa shape index (κ1) is 15.0. The summed E-state index contributed by atoms with van der Waals surface area (Å²) in [6.45, 7) is 8.18. The van der Waals surface area contributed by atoms with E-state index in [0.29, 0.717) is 19.1 Å². The molecule has 0 radical (unpaired) electrons. The number of hydrogen-bond donors (Lipinski definition) is 1. The molecule has 0 saturated heterocycles. The molecule has 0 aliphatic carbocycles. The van der Waals surface area contributed by atoms with Gasteiger partial charge in [-0.3, -0.25) is 4.79 Å². The molecule has 0 unspecified atom stereocenters. The SMILES string of the molecule is Cc1cn(CCOCC(C)C)c(SCC(=O)O)n1. The largest absolute Gasteiger partial charge is 0.481 e. The summed E-state index contributed by atoms with van der Waals surface area (Å²) < 4.78 is 7.46. The Bertz CT molecular complexity index is 391. The lowest BCUT2D eigenvalue weighted by atomic mass is 10.2. The summed E-state index contributed by atoms with van der Waals surface area (Å²) in [6, 6.07) is 0.